The van der Waals surface area contributed by atoms with Gasteiger partial charge < -0.3 is 18.3 Å². The summed E-state index contributed by atoms with van der Waals surface area (Å²) in [5, 5.41) is 1.47. The molecule has 6 heteroatoms. The number of hydrogen-bond acceptors (Lipinski definition) is 6. The van der Waals surface area contributed by atoms with E-state index in [9.17, 15) is 9.59 Å². The number of ether oxygens (including phenoxy) is 2. The van der Waals surface area contributed by atoms with Crippen LogP contribution in [0, 0.1) is 0 Å². The Morgan fingerprint density at radius 1 is 1.19 bits per heavy atom. The minimum Gasteiger partial charge on any atom is -0.474 e. The molecule has 0 bridgehead atoms. The number of esters is 1. The van der Waals surface area contributed by atoms with Gasteiger partial charge in [0.15, 0.2) is 17.8 Å². The minimum atomic E-state index is -0.507. The summed E-state index contributed by atoms with van der Waals surface area (Å²) >= 11 is 0. The molecule has 0 N–H and O–H groups in total. The Kier molecular flexibility index (Phi) is 3.35. The molecular weight excluding hydrogens is 276 g/mol. The fourth-order valence-corrected chi connectivity index (χ4v) is 2.07. The van der Waals surface area contributed by atoms with Gasteiger partial charge in [0.05, 0.1) is 12.9 Å². The second-order valence-corrected chi connectivity index (χ2v) is 4.31. The lowest BCUT2D eigenvalue weighted by Crippen LogP contribution is -2.15. The first-order valence-electron chi connectivity index (χ1n) is 6.41. The largest absolute Gasteiger partial charge is 0.474 e. The van der Waals surface area contributed by atoms with Crippen LogP contribution in [-0.4, -0.2) is 19.2 Å². The van der Waals surface area contributed by atoms with Crippen LogP contribution in [0.15, 0.2) is 44.2 Å². The lowest BCUT2D eigenvalue weighted by Gasteiger charge is -2.08. The van der Waals surface area contributed by atoms with Crippen molar-refractivity contribution in [1.82, 2.24) is 0 Å². The third-order valence-electron chi connectivity index (χ3n) is 2.92. The lowest BCUT2D eigenvalue weighted by atomic mass is 10.1. The number of benzene rings is 1. The molecule has 0 unspecified atom stereocenters. The monoisotopic (exact) mass is 288 g/mol. The Bertz CT molecular complexity index is 857. The number of carbonyl (C=O) groups excluding carboxylic acids is 1. The van der Waals surface area contributed by atoms with E-state index in [1.54, 1.807) is 19.1 Å². The van der Waals surface area contributed by atoms with Crippen molar-refractivity contribution < 1.29 is 23.1 Å². The van der Waals surface area contributed by atoms with Crippen molar-refractivity contribution in [2.24, 2.45) is 0 Å². The van der Waals surface area contributed by atoms with Crippen LogP contribution < -0.4 is 10.4 Å². The molecule has 0 aliphatic carbocycles. The van der Waals surface area contributed by atoms with Gasteiger partial charge >= 0.3 is 11.6 Å². The smallest absolute Gasteiger partial charge is 0.344 e. The van der Waals surface area contributed by atoms with Gasteiger partial charge in [0, 0.05) is 16.8 Å². The Morgan fingerprint density at radius 3 is 2.81 bits per heavy atom. The van der Waals surface area contributed by atoms with Gasteiger partial charge in [-0.25, -0.2) is 9.59 Å². The zero-order chi connectivity index (χ0) is 14.8. The van der Waals surface area contributed by atoms with Crippen LogP contribution in [0.4, 0.5) is 0 Å². The maximum Gasteiger partial charge on any atom is 0.344 e. The predicted molar refractivity (Wildman–Crippen MR) is 74.4 cm³/mol. The fourth-order valence-electron chi connectivity index (χ4n) is 2.07. The third-order valence-corrected chi connectivity index (χ3v) is 2.92. The molecular formula is C15H12O6. The Balaban J connectivity index is 2.11. The Hall–Kier alpha value is -2.76. The molecule has 6 nitrogen and oxygen atoms in total. The third kappa shape index (κ3) is 2.47. The van der Waals surface area contributed by atoms with Crippen LogP contribution in [-0.2, 0) is 9.53 Å². The topological polar surface area (TPSA) is 78.9 Å². The lowest BCUT2D eigenvalue weighted by molar-refractivity contribution is -0.145. The molecule has 1 aromatic carbocycles. The first kappa shape index (κ1) is 13.2. The summed E-state index contributed by atoms with van der Waals surface area (Å²) in [6, 6.07) is 6.53. The van der Waals surface area contributed by atoms with Gasteiger partial charge in [-0.1, -0.05) is 0 Å². The summed E-state index contributed by atoms with van der Waals surface area (Å²) in [4.78, 5) is 22.8. The van der Waals surface area contributed by atoms with E-state index in [0.29, 0.717) is 11.0 Å². The molecule has 21 heavy (non-hydrogen) atoms. The summed E-state index contributed by atoms with van der Waals surface area (Å²) in [5.74, 6) is -0.286. The van der Waals surface area contributed by atoms with Gasteiger partial charge in [-0.15, -0.1) is 0 Å². The van der Waals surface area contributed by atoms with Crippen molar-refractivity contribution in [3.63, 3.8) is 0 Å². The van der Waals surface area contributed by atoms with Crippen LogP contribution in [0.1, 0.15) is 6.92 Å². The Labute approximate surface area is 118 Å². The Morgan fingerprint density at radius 2 is 2.00 bits per heavy atom. The van der Waals surface area contributed by atoms with Gasteiger partial charge in [0.25, 0.3) is 0 Å². The molecule has 0 spiro atoms. The van der Waals surface area contributed by atoms with Gasteiger partial charge in [0.1, 0.15) is 0 Å². The number of hydrogen-bond donors (Lipinski definition) is 0. The molecule has 0 amide bonds. The molecule has 0 saturated carbocycles. The molecule has 0 fully saturated rings. The van der Waals surface area contributed by atoms with Crippen LogP contribution in [0.3, 0.4) is 0 Å². The van der Waals surface area contributed by atoms with E-state index in [-0.39, 0.29) is 24.5 Å². The van der Waals surface area contributed by atoms with Gasteiger partial charge in [-0.3, -0.25) is 0 Å². The zero-order valence-corrected chi connectivity index (χ0v) is 11.3. The molecule has 0 radical (unpaired) electrons. The van der Waals surface area contributed by atoms with Crippen LogP contribution in [0.2, 0.25) is 0 Å². The number of carbonyl (C=O) groups is 1. The molecule has 3 aromatic rings. The molecule has 108 valence electrons. The highest BCUT2D eigenvalue weighted by Gasteiger charge is 2.16. The van der Waals surface area contributed by atoms with Crippen molar-refractivity contribution in [2.45, 2.75) is 6.92 Å². The van der Waals surface area contributed by atoms with E-state index in [0.717, 1.165) is 5.39 Å². The van der Waals surface area contributed by atoms with E-state index in [1.807, 2.05) is 6.07 Å². The molecule has 2 heterocycles. The summed E-state index contributed by atoms with van der Waals surface area (Å²) < 4.78 is 20.8. The second kappa shape index (κ2) is 5.32. The van der Waals surface area contributed by atoms with Crippen LogP contribution in [0.25, 0.3) is 21.9 Å². The molecule has 0 saturated heterocycles. The highest BCUT2D eigenvalue weighted by molar-refractivity contribution is 6.00. The first-order chi connectivity index (χ1) is 10.2. The number of rotatable bonds is 4. The van der Waals surface area contributed by atoms with E-state index < -0.39 is 11.6 Å². The average molecular weight is 288 g/mol. The summed E-state index contributed by atoms with van der Waals surface area (Å²) in [6.07, 6.45) is 1.50. The van der Waals surface area contributed by atoms with E-state index in [2.05, 4.69) is 0 Å². The van der Waals surface area contributed by atoms with Crippen molar-refractivity contribution in [1.29, 1.82) is 0 Å². The van der Waals surface area contributed by atoms with Gasteiger partial charge in [0.2, 0.25) is 5.75 Å². The van der Waals surface area contributed by atoms with Crippen molar-refractivity contribution in [2.75, 3.05) is 13.2 Å². The van der Waals surface area contributed by atoms with Crippen molar-refractivity contribution in [3.8, 4) is 5.75 Å². The van der Waals surface area contributed by atoms with Crippen LogP contribution >= 0.6 is 0 Å². The first-order valence-corrected chi connectivity index (χ1v) is 6.41. The molecule has 0 aliphatic heterocycles. The SMILES string of the molecule is CCOC(=O)COc1c2occc2cc2ccc(=O)oc12. The standard InChI is InChI=1S/C15H12O6/c1-2-18-12(17)8-20-15-13-10(5-6-19-13)7-9-3-4-11(16)21-14(9)15/h3-7H,2,8H2,1H3. The highest BCUT2D eigenvalue weighted by atomic mass is 16.6. The van der Waals surface area contributed by atoms with Gasteiger partial charge in [-0.2, -0.15) is 0 Å². The maximum absolute atomic E-state index is 11.4. The fraction of sp³-hybridized carbons (Fsp3) is 0.200. The summed E-state index contributed by atoms with van der Waals surface area (Å²) in [7, 11) is 0. The number of fused-ring (bicyclic) bond motifs is 2. The molecule has 0 aliphatic rings. The molecule has 0 atom stereocenters. The predicted octanol–water partition coefficient (Wildman–Crippen LogP) is 2.48. The maximum atomic E-state index is 11.4. The number of furan rings is 1. The van der Waals surface area contributed by atoms with E-state index in [1.165, 1.54) is 12.3 Å². The molecule has 2 aromatic heterocycles. The normalized spacial score (nSPS) is 10.9. The quantitative estimate of drug-likeness (QED) is 0.542. The summed E-state index contributed by atoms with van der Waals surface area (Å²) in [5.41, 5.74) is 0.157. The highest BCUT2D eigenvalue weighted by Crippen LogP contribution is 2.34. The zero-order valence-electron chi connectivity index (χ0n) is 11.3. The average Bonchev–Trinajstić information content (AvgIpc) is 2.92. The summed E-state index contributed by atoms with van der Waals surface area (Å²) in [6.45, 7) is 1.68. The van der Waals surface area contributed by atoms with Crippen molar-refractivity contribution >= 4 is 27.9 Å². The van der Waals surface area contributed by atoms with E-state index >= 15 is 0 Å². The second-order valence-electron chi connectivity index (χ2n) is 4.31. The van der Waals surface area contributed by atoms with Crippen LogP contribution in [0.5, 0.6) is 5.75 Å². The van der Waals surface area contributed by atoms with Gasteiger partial charge in [-0.05, 0) is 25.1 Å². The van der Waals surface area contributed by atoms with E-state index in [4.69, 9.17) is 18.3 Å². The minimum absolute atomic E-state index is 0.221. The van der Waals surface area contributed by atoms with Crippen molar-refractivity contribution in [3.05, 3.63) is 40.9 Å². The molecule has 3 rings (SSSR count).